The van der Waals surface area contributed by atoms with Crippen LogP contribution in [-0.4, -0.2) is 77.0 Å². The van der Waals surface area contributed by atoms with E-state index < -0.39 is 48.0 Å². The molecule has 198 valence electrons. The van der Waals surface area contributed by atoms with E-state index in [0.717, 1.165) is 0 Å². The molecule has 0 fully saturated rings. The number of hydrogen-bond donors (Lipinski definition) is 7. The number of benzene rings is 2. The van der Waals surface area contributed by atoms with Gasteiger partial charge in [-0.05, 0) is 46.5 Å². The van der Waals surface area contributed by atoms with E-state index in [1.54, 1.807) is 24.3 Å². The molecule has 9 N–H and O–H groups in total. The lowest BCUT2D eigenvalue weighted by Crippen LogP contribution is -2.56. The lowest BCUT2D eigenvalue weighted by Gasteiger charge is -2.24. The van der Waals surface area contributed by atoms with Gasteiger partial charge in [-0.15, -0.1) is 0 Å². The Bertz CT molecular complexity index is 1200. The second-order valence-electron chi connectivity index (χ2n) is 8.85. The van der Waals surface area contributed by atoms with Crippen LogP contribution in [0.15, 0.2) is 36.4 Å². The second-order valence-corrected chi connectivity index (χ2v) is 8.85. The average molecular weight is 515 g/mol. The van der Waals surface area contributed by atoms with Gasteiger partial charge in [-0.3, -0.25) is 9.59 Å². The van der Waals surface area contributed by atoms with Crippen molar-refractivity contribution in [2.45, 2.75) is 43.5 Å². The first-order chi connectivity index (χ1) is 17.5. The number of aromatic hydroxyl groups is 1. The monoisotopic (exact) mass is 514 g/mol. The summed E-state index contributed by atoms with van der Waals surface area (Å²) in [5.41, 5.74) is 13.5. The third-order valence-corrected chi connectivity index (χ3v) is 6.07. The number of carboxylic acid groups (broad SMARTS) is 1. The second kappa shape index (κ2) is 11.8. The molecule has 2 aromatic carbocycles. The number of phenolic OH excluding ortho intramolecular Hbond substituents is 1. The molecule has 0 radical (unpaired) electrons. The third kappa shape index (κ3) is 6.82. The summed E-state index contributed by atoms with van der Waals surface area (Å²) < 4.78 is 4.83. The number of carbonyl (C=O) groups is 4. The van der Waals surface area contributed by atoms with E-state index in [2.05, 4.69) is 10.6 Å². The van der Waals surface area contributed by atoms with Crippen molar-refractivity contribution in [3.8, 4) is 16.9 Å². The van der Waals surface area contributed by atoms with Crippen LogP contribution in [0.2, 0.25) is 0 Å². The molecule has 2 aromatic rings. The summed E-state index contributed by atoms with van der Waals surface area (Å²) in [5, 5.41) is 35.0. The van der Waals surface area contributed by atoms with Gasteiger partial charge >= 0.3 is 11.9 Å². The van der Waals surface area contributed by atoms with Gasteiger partial charge in [0.1, 0.15) is 17.8 Å². The molecule has 1 aliphatic rings. The molecule has 1 aliphatic heterocycles. The SMILES string of the molecule is COC(=O)c1cc2cc(c1)-c1ccc(O)c(c1)C[C@H](N)C(=O)N[C@@H](C[C@@H](O)CN)C(=O)N[C@H](C(=O)O)C2. The van der Waals surface area contributed by atoms with E-state index in [9.17, 15) is 34.5 Å². The van der Waals surface area contributed by atoms with Crippen molar-refractivity contribution in [1.29, 1.82) is 0 Å². The first-order valence-corrected chi connectivity index (χ1v) is 11.5. The fraction of sp³-hybridized carbons (Fsp3) is 0.360. The minimum absolute atomic E-state index is 0.0966. The van der Waals surface area contributed by atoms with Gasteiger partial charge in [-0.1, -0.05) is 12.1 Å². The number of nitrogens with two attached hydrogens (primary N) is 2. The molecule has 0 unspecified atom stereocenters. The number of aliphatic hydroxyl groups is 1. The molecule has 37 heavy (non-hydrogen) atoms. The Labute approximate surface area is 212 Å². The van der Waals surface area contributed by atoms with Gasteiger partial charge in [-0.2, -0.15) is 0 Å². The van der Waals surface area contributed by atoms with E-state index >= 15 is 0 Å². The number of carbonyl (C=O) groups excluding carboxylic acids is 3. The summed E-state index contributed by atoms with van der Waals surface area (Å²) >= 11 is 0. The van der Waals surface area contributed by atoms with Gasteiger partial charge in [-0.25, -0.2) is 9.59 Å². The molecule has 0 saturated heterocycles. The molecule has 0 aromatic heterocycles. The molecule has 0 aliphatic carbocycles. The summed E-state index contributed by atoms with van der Waals surface area (Å²) in [4.78, 5) is 50.2. The predicted octanol–water partition coefficient (Wildman–Crippen LogP) is -0.964. The highest BCUT2D eigenvalue weighted by Crippen LogP contribution is 2.29. The molecule has 1 heterocycles. The summed E-state index contributed by atoms with van der Waals surface area (Å²) in [6, 6.07) is 5.34. The van der Waals surface area contributed by atoms with Crippen molar-refractivity contribution in [2.75, 3.05) is 13.7 Å². The van der Waals surface area contributed by atoms with Crippen LogP contribution < -0.4 is 22.1 Å². The van der Waals surface area contributed by atoms with E-state index in [-0.39, 0.29) is 37.1 Å². The highest BCUT2D eigenvalue weighted by Gasteiger charge is 2.30. The Morgan fingerprint density at radius 3 is 2.46 bits per heavy atom. The number of amides is 2. The van der Waals surface area contributed by atoms with Gasteiger partial charge in [0.05, 0.1) is 24.8 Å². The summed E-state index contributed by atoms with van der Waals surface area (Å²) in [7, 11) is 1.21. The maximum atomic E-state index is 13.0. The Kier molecular flexibility index (Phi) is 8.81. The molecular weight excluding hydrogens is 484 g/mol. The number of methoxy groups -OCH3 is 1. The van der Waals surface area contributed by atoms with Crippen LogP contribution in [0.1, 0.15) is 27.9 Å². The van der Waals surface area contributed by atoms with Gasteiger partial charge in [0.2, 0.25) is 11.8 Å². The minimum Gasteiger partial charge on any atom is -0.508 e. The fourth-order valence-corrected chi connectivity index (χ4v) is 4.06. The first-order valence-electron chi connectivity index (χ1n) is 11.5. The normalized spacial score (nSPS) is 21.0. The molecule has 4 atom stereocenters. The number of ether oxygens (including phenoxy) is 1. The van der Waals surface area contributed by atoms with Crippen molar-refractivity contribution in [1.82, 2.24) is 10.6 Å². The zero-order valence-corrected chi connectivity index (χ0v) is 20.1. The number of esters is 1. The summed E-state index contributed by atoms with van der Waals surface area (Å²) in [5.74, 6) is -3.72. The molecule has 0 spiro atoms. The van der Waals surface area contributed by atoms with Crippen molar-refractivity contribution in [2.24, 2.45) is 11.5 Å². The minimum atomic E-state index is -1.43. The molecule has 3 rings (SSSR count). The number of carboxylic acids is 1. The third-order valence-electron chi connectivity index (χ3n) is 6.07. The van der Waals surface area contributed by atoms with Crippen LogP contribution in [0, 0.1) is 0 Å². The Hall–Kier alpha value is -4.00. The molecule has 12 nitrogen and oxygen atoms in total. The number of aliphatic carboxylic acids is 1. The van der Waals surface area contributed by atoms with Crippen LogP contribution in [0.4, 0.5) is 0 Å². The highest BCUT2D eigenvalue weighted by atomic mass is 16.5. The van der Waals surface area contributed by atoms with Crippen LogP contribution in [0.5, 0.6) is 5.75 Å². The number of aliphatic hydroxyl groups excluding tert-OH is 1. The first kappa shape index (κ1) is 27.6. The lowest BCUT2D eigenvalue weighted by molar-refractivity contribution is -0.142. The van der Waals surface area contributed by atoms with Gasteiger partial charge in [0.15, 0.2) is 0 Å². The maximum absolute atomic E-state index is 13.0. The molecule has 12 heteroatoms. The van der Waals surface area contributed by atoms with Crippen molar-refractivity contribution in [3.05, 3.63) is 53.1 Å². The largest absolute Gasteiger partial charge is 0.508 e. The van der Waals surface area contributed by atoms with Gasteiger partial charge < -0.3 is 42.2 Å². The molecular formula is C25H30N4O8. The van der Waals surface area contributed by atoms with E-state index in [1.165, 1.54) is 19.2 Å². The van der Waals surface area contributed by atoms with Crippen molar-refractivity contribution < 1.29 is 39.2 Å². The summed E-state index contributed by atoms with van der Waals surface area (Å²) in [6.45, 7) is -0.197. The topological polar surface area (TPSA) is 214 Å². The predicted molar refractivity (Wildman–Crippen MR) is 131 cm³/mol. The van der Waals surface area contributed by atoms with E-state index in [0.29, 0.717) is 22.3 Å². The van der Waals surface area contributed by atoms with Crippen molar-refractivity contribution >= 4 is 23.8 Å². The van der Waals surface area contributed by atoms with Gasteiger partial charge in [0.25, 0.3) is 0 Å². The maximum Gasteiger partial charge on any atom is 0.337 e. The lowest BCUT2D eigenvalue weighted by atomic mass is 9.94. The standard InChI is InChI=1S/C25H30N4O8/c1-37-25(36)16-5-12-4-14(8-16)13-2-3-21(31)15(7-13)9-18(27)22(32)28-19(10-17(30)11-26)23(33)29-20(6-12)24(34)35/h2-5,7-8,17-20,30-31H,6,9-11,26-27H2,1H3,(H,28,32)(H,29,33)(H,34,35)/t17-,18+,19+,20+/m1/s1. The van der Waals surface area contributed by atoms with Gasteiger partial charge in [0, 0.05) is 25.8 Å². The van der Waals surface area contributed by atoms with E-state index in [1.807, 2.05) is 0 Å². The van der Waals surface area contributed by atoms with Crippen molar-refractivity contribution in [3.63, 3.8) is 0 Å². The Morgan fingerprint density at radius 2 is 1.81 bits per heavy atom. The van der Waals surface area contributed by atoms with Crippen LogP contribution in [-0.2, 0) is 32.0 Å². The molecule has 2 amide bonds. The van der Waals surface area contributed by atoms with Crippen LogP contribution >= 0.6 is 0 Å². The zero-order valence-electron chi connectivity index (χ0n) is 20.1. The Morgan fingerprint density at radius 1 is 1.08 bits per heavy atom. The quantitative estimate of drug-likeness (QED) is 0.242. The number of fused-ring (bicyclic) bond motifs is 5. The average Bonchev–Trinajstić information content (AvgIpc) is 2.87. The molecule has 0 saturated carbocycles. The zero-order chi connectivity index (χ0) is 27.3. The number of nitrogens with one attached hydrogen (secondary N) is 2. The smallest absolute Gasteiger partial charge is 0.337 e. The molecule has 4 bridgehead atoms. The highest BCUT2D eigenvalue weighted by molar-refractivity contribution is 5.93. The van der Waals surface area contributed by atoms with E-state index in [4.69, 9.17) is 16.2 Å². The van der Waals surface area contributed by atoms with Crippen LogP contribution in [0.3, 0.4) is 0 Å². The number of phenols is 1. The number of rotatable bonds is 5. The van der Waals surface area contributed by atoms with Crippen LogP contribution in [0.25, 0.3) is 11.1 Å². The fourth-order valence-electron chi connectivity index (χ4n) is 4.06. The Balaban J connectivity index is 2.15. The number of hydrogen-bond acceptors (Lipinski definition) is 9. The summed E-state index contributed by atoms with van der Waals surface area (Å²) in [6.07, 6.45) is -1.74.